The summed E-state index contributed by atoms with van der Waals surface area (Å²) in [4.78, 5) is 0. The summed E-state index contributed by atoms with van der Waals surface area (Å²) in [6, 6.07) is 0. The molecule has 0 radical (unpaired) electrons. The van der Waals surface area contributed by atoms with Crippen LogP contribution in [0.4, 0.5) is 0 Å². The number of hydrogen-bond acceptors (Lipinski definition) is 1. The Morgan fingerprint density at radius 1 is 0.762 bits per heavy atom. The predicted molar refractivity (Wildman–Crippen MR) is 87.0 cm³/mol. The van der Waals surface area contributed by atoms with Gasteiger partial charge in [0.2, 0.25) is 0 Å². The lowest BCUT2D eigenvalue weighted by molar-refractivity contribution is -0.145. The molecule has 4 fully saturated rings. The smallest absolute Gasteiger partial charge is 0.0675 e. The van der Waals surface area contributed by atoms with Gasteiger partial charge in [-0.2, -0.15) is 0 Å². The van der Waals surface area contributed by atoms with E-state index in [4.69, 9.17) is 0 Å². The summed E-state index contributed by atoms with van der Waals surface area (Å²) in [6.07, 6.45) is 13.9. The molecule has 0 bridgehead atoms. The molecule has 4 aliphatic carbocycles. The van der Waals surface area contributed by atoms with Crippen molar-refractivity contribution in [2.45, 2.75) is 90.6 Å². The molecule has 21 heavy (non-hydrogen) atoms. The largest absolute Gasteiger partial charge is 0.390 e. The van der Waals surface area contributed by atoms with Gasteiger partial charge in [0.15, 0.2) is 0 Å². The van der Waals surface area contributed by atoms with E-state index in [1.165, 1.54) is 57.8 Å². The molecule has 1 nitrogen and oxygen atoms in total. The third kappa shape index (κ3) is 1.79. The Balaban J connectivity index is 1.66. The summed E-state index contributed by atoms with van der Waals surface area (Å²) in [5, 5.41) is 10.9. The van der Waals surface area contributed by atoms with Crippen molar-refractivity contribution in [3.8, 4) is 0 Å². The molecule has 4 rings (SSSR count). The Labute approximate surface area is 130 Å². The summed E-state index contributed by atoms with van der Waals surface area (Å²) in [6.45, 7) is 7.18. The first-order chi connectivity index (χ1) is 9.88. The van der Waals surface area contributed by atoms with E-state index < -0.39 is 5.60 Å². The van der Waals surface area contributed by atoms with Crippen molar-refractivity contribution in [3.63, 3.8) is 0 Å². The van der Waals surface area contributed by atoms with Crippen LogP contribution < -0.4 is 0 Å². The third-order valence-corrected chi connectivity index (χ3v) is 9.15. The number of hydrogen-bond donors (Lipinski definition) is 1. The molecule has 0 unspecified atom stereocenters. The first-order valence-electron chi connectivity index (χ1n) is 9.61. The molecule has 0 aromatic carbocycles. The minimum Gasteiger partial charge on any atom is -0.390 e. The van der Waals surface area contributed by atoms with Crippen molar-refractivity contribution in [2.24, 2.45) is 34.5 Å². The van der Waals surface area contributed by atoms with Gasteiger partial charge >= 0.3 is 0 Å². The fraction of sp³-hybridized carbons (Fsp3) is 1.00. The molecule has 120 valence electrons. The van der Waals surface area contributed by atoms with Crippen molar-refractivity contribution in [1.82, 2.24) is 0 Å². The molecule has 1 heteroatoms. The molecular formula is C20H34O. The molecule has 0 aromatic rings. The second kappa shape index (κ2) is 4.49. The molecule has 0 amide bonds. The van der Waals surface area contributed by atoms with Gasteiger partial charge in [0.25, 0.3) is 0 Å². The fourth-order valence-corrected chi connectivity index (χ4v) is 7.54. The van der Waals surface area contributed by atoms with Gasteiger partial charge < -0.3 is 5.11 Å². The molecule has 0 saturated heterocycles. The van der Waals surface area contributed by atoms with Crippen LogP contribution in [0.25, 0.3) is 0 Å². The molecule has 0 aromatic heterocycles. The van der Waals surface area contributed by atoms with Crippen LogP contribution in [0, 0.1) is 34.5 Å². The highest BCUT2D eigenvalue weighted by Crippen LogP contribution is 2.68. The summed E-state index contributed by atoms with van der Waals surface area (Å²) < 4.78 is 0. The Hall–Kier alpha value is -0.0400. The highest BCUT2D eigenvalue weighted by molar-refractivity contribution is 5.12. The maximum absolute atomic E-state index is 10.9. The van der Waals surface area contributed by atoms with Crippen LogP contribution >= 0.6 is 0 Å². The van der Waals surface area contributed by atoms with Gasteiger partial charge in [0.1, 0.15) is 0 Å². The van der Waals surface area contributed by atoms with Crippen molar-refractivity contribution >= 4 is 0 Å². The topological polar surface area (TPSA) is 20.2 Å². The number of rotatable bonds is 0. The average Bonchev–Trinajstić information content (AvgIpc) is 2.69. The maximum Gasteiger partial charge on any atom is 0.0675 e. The average molecular weight is 290 g/mol. The molecule has 1 N–H and O–H groups in total. The standard InChI is InChI=1S/C20H34O/c1-18-11-5-4-6-14(18)7-8-15-16(18)9-12-19(2)17(15)10-13-20(19,3)21/h14-17,21H,4-13H2,1-3H3/t14-,15-,16-,17+,18+,19+,20+/m1/s1. The summed E-state index contributed by atoms with van der Waals surface area (Å²) in [5.41, 5.74) is 0.427. The van der Waals surface area contributed by atoms with Crippen molar-refractivity contribution < 1.29 is 5.11 Å². The molecule has 4 aliphatic rings. The van der Waals surface area contributed by atoms with Gasteiger partial charge in [-0.25, -0.2) is 0 Å². The molecule has 4 saturated carbocycles. The van der Waals surface area contributed by atoms with Crippen LogP contribution in [0.1, 0.15) is 85.0 Å². The molecule has 0 heterocycles. The molecule has 0 spiro atoms. The molecule has 7 atom stereocenters. The Bertz CT molecular complexity index is 428. The highest BCUT2D eigenvalue weighted by Gasteiger charge is 2.62. The van der Waals surface area contributed by atoms with Gasteiger partial charge in [0.05, 0.1) is 5.60 Å². The van der Waals surface area contributed by atoms with Gasteiger partial charge in [-0.15, -0.1) is 0 Å². The first kappa shape index (κ1) is 14.5. The maximum atomic E-state index is 10.9. The van der Waals surface area contributed by atoms with Crippen molar-refractivity contribution in [3.05, 3.63) is 0 Å². The summed E-state index contributed by atoms with van der Waals surface area (Å²) in [5.74, 6) is 3.69. The zero-order valence-electron chi connectivity index (χ0n) is 14.3. The van der Waals surface area contributed by atoms with Crippen LogP contribution in [-0.4, -0.2) is 10.7 Å². The summed E-state index contributed by atoms with van der Waals surface area (Å²) in [7, 11) is 0. The van der Waals surface area contributed by atoms with Gasteiger partial charge in [0, 0.05) is 0 Å². The Morgan fingerprint density at radius 2 is 1.52 bits per heavy atom. The van der Waals surface area contributed by atoms with E-state index in [1.54, 1.807) is 0 Å². The third-order valence-electron chi connectivity index (χ3n) is 9.15. The fourth-order valence-electron chi connectivity index (χ4n) is 7.54. The Kier molecular flexibility index (Phi) is 3.11. The minimum atomic E-state index is -0.410. The SMILES string of the molecule is C[C@]12CCCC[C@@H]1CC[C@@H]1[C@H]2CC[C@@]2(C)[C@H]1CC[C@]2(C)O. The monoisotopic (exact) mass is 290 g/mol. The zero-order chi connectivity index (χ0) is 14.9. The normalized spacial score (nSPS) is 60.0. The Morgan fingerprint density at radius 3 is 2.33 bits per heavy atom. The van der Waals surface area contributed by atoms with Gasteiger partial charge in [-0.1, -0.05) is 26.7 Å². The first-order valence-corrected chi connectivity index (χ1v) is 9.61. The second-order valence-electron chi connectivity index (χ2n) is 9.67. The van der Waals surface area contributed by atoms with Crippen LogP contribution in [0.2, 0.25) is 0 Å². The van der Waals surface area contributed by atoms with Gasteiger partial charge in [-0.05, 0) is 92.8 Å². The van der Waals surface area contributed by atoms with Crippen LogP contribution in [0.3, 0.4) is 0 Å². The van der Waals surface area contributed by atoms with E-state index in [-0.39, 0.29) is 5.41 Å². The van der Waals surface area contributed by atoms with Crippen molar-refractivity contribution in [1.29, 1.82) is 0 Å². The predicted octanol–water partition coefficient (Wildman–Crippen LogP) is 5.17. The van der Waals surface area contributed by atoms with E-state index in [0.717, 1.165) is 30.1 Å². The van der Waals surface area contributed by atoms with Crippen LogP contribution in [0.15, 0.2) is 0 Å². The van der Waals surface area contributed by atoms with Crippen LogP contribution in [0.5, 0.6) is 0 Å². The quantitative estimate of drug-likeness (QED) is 0.652. The molecular weight excluding hydrogens is 256 g/mol. The van der Waals surface area contributed by atoms with E-state index in [2.05, 4.69) is 20.8 Å². The molecule has 0 aliphatic heterocycles. The highest BCUT2D eigenvalue weighted by atomic mass is 16.3. The van der Waals surface area contributed by atoms with E-state index >= 15 is 0 Å². The lowest BCUT2D eigenvalue weighted by atomic mass is 9.44. The number of aliphatic hydroxyl groups is 1. The lowest BCUT2D eigenvalue weighted by Crippen LogP contribution is -2.55. The summed E-state index contributed by atoms with van der Waals surface area (Å²) >= 11 is 0. The van der Waals surface area contributed by atoms with E-state index in [0.29, 0.717) is 5.41 Å². The van der Waals surface area contributed by atoms with Crippen LogP contribution in [-0.2, 0) is 0 Å². The second-order valence-corrected chi connectivity index (χ2v) is 9.67. The van der Waals surface area contributed by atoms with E-state index in [9.17, 15) is 5.11 Å². The van der Waals surface area contributed by atoms with Crippen molar-refractivity contribution in [2.75, 3.05) is 0 Å². The minimum absolute atomic E-state index is 0.200. The zero-order valence-corrected chi connectivity index (χ0v) is 14.3. The van der Waals surface area contributed by atoms with Gasteiger partial charge in [-0.3, -0.25) is 0 Å². The van der Waals surface area contributed by atoms with E-state index in [1.807, 2.05) is 0 Å². The number of fused-ring (bicyclic) bond motifs is 5. The lowest BCUT2D eigenvalue weighted by Gasteiger charge is -2.61.